The number of ether oxygens (including phenoxy) is 1. The van der Waals surface area contributed by atoms with E-state index in [1.54, 1.807) is 6.07 Å². The number of benzene rings is 1. The second-order valence-corrected chi connectivity index (χ2v) is 4.70. The lowest BCUT2D eigenvalue weighted by atomic mass is 10.2. The van der Waals surface area contributed by atoms with Crippen LogP contribution in [0.3, 0.4) is 0 Å². The van der Waals surface area contributed by atoms with Gasteiger partial charge in [0, 0.05) is 11.1 Å². The maximum atomic E-state index is 13.0. The van der Waals surface area contributed by atoms with Gasteiger partial charge in [0.05, 0.1) is 18.2 Å². The summed E-state index contributed by atoms with van der Waals surface area (Å²) in [5.74, 6) is 0.303. The fourth-order valence-electron chi connectivity index (χ4n) is 1.48. The number of halogens is 2. The molecule has 0 saturated heterocycles. The predicted molar refractivity (Wildman–Crippen MR) is 70.8 cm³/mol. The Kier molecular flexibility index (Phi) is 4.62. The monoisotopic (exact) mass is 329 g/mol. The average Bonchev–Trinajstić information content (AvgIpc) is 2.85. The van der Waals surface area contributed by atoms with Crippen molar-refractivity contribution in [3.63, 3.8) is 0 Å². The van der Waals surface area contributed by atoms with E-state index in [9.17, 15) is 4.39 Å². The number of nitrogens with zero attached hydrogens (tertiary/aromatic N) is 2. The highest BCUT2D eigenvalue weighted by Crippen LogP contribution is 2.28. The number of nitrogens with two attached hydrogens (primary N) is 1. The zero-order valence-corrected chi connectivity index (χ0v) is 11.9. The molecule has 0 saturated carbocycles. The molecule has 1 unspecified atom stereocenters. The highest BCUT2D eigenvalue weighted by atomic mass is 79.9. The molecule has 0 aliphatic rings. The van der Waals surface area contributed by atoms with E-state index in [1.165, 1.54) is 12.1 Å². The molecule has 0 radical (unpaired) electrons. The van der Waals surface area contributed by atoms with Gasteiger partial charge in [-0.1, -0.05) is 5.16 Å². The smallest absolute Gasteiger partial charge is 0.259 e. The molecular formula is C12H13BrFN3O2. The molecule has 1 atom stereocenters. The van der Waals surface area contributed by atoms with Crippen LogP contribution in [0.25, 0.3) is 11.5 Å². The molecule has 0 aliphatic heterocycles. The van der Waals surface area contributed by atoms with Gasteiger partial charge in [-0.05, 0) is 41.1 Å². The Bertz CT molecular complexity index is 562. The minimum absolute atomic E-state index is 0.286. The summed E-state index contributed by atoms with van der Waals surface area (Å²) in [6, 6.07) is 3.77. The quantitative estimate of drug-likeness (QED) is 0.912. The van der Waals surface area contributed by atoms with Gasteiger partial charge in [0.2, 0.25) is 0 Å². The molecule has 2 rings (SSSR count). The van der Waals surface area contributed by atoms with Crippen molar-refractivity contribution in [3.8, 4) is 11.5 Å². The lowest BCUT2D eigenvalue weighted by molar-refractivity contribution is 0.130. The molecule has 2 aromatic rings. The Labute approximate surface area is 118 Å². The molecule has 0 fully saturated rings. The predicted octanol–water partition coefficient (Wildman–Crippen LogP) is 2.67. The van der Waals surface area contributed by atoms with Crippen molar-refractivity contribution in [1.29, 1.82) is 0 Å². The van der Waals surface area contributed by atoms with Crippen LogP contribution in [-0.4, -0.2) is 23.4 Å². The largest absolute Gasteiger partial charge is 0.380 e. The van der Waals surface area contributed by atoms with Gasteiger partial charge in [0.25, 0.3) is 5.89 Å². The zero-order chi connectivity index (χ0) is 13.8. The molecule has 0 aliphatic carbocycles. The van der Waals surface area contributed by atoms with Crippen LogP contribution in [0, 0.1) is 5.82 Å². The summed E-state index contributed by atoms with van der Waals surface area (Å²) < 4.78 is 23.9. The minimum atomic E-state index is -0.448. The fourth-order valence-corrected chi connectivity index (χ4v) is 2.00. The number of rotatable bonds is 5. The Morgan fingerprint density at radius 1 is 1.53 bits per heavy atom. The molecule has 7 heteroatoms. The van der Waals surface area contributed by atoms with E-state index < -0.39 is 6.04 Å². The van der Waals surface area contributed by atoms with Crippen LogP contribution in [-0.2, 0) is 4.74 Å². The first-order chi connectivity index (χ1) is 9.11. The van der Waals surface area contributed by atoms with Crippen molar-refractivity contribution in [2.24, 2.45) is 5.73 Å². The van der Waals surface area contributed by atoms with Crippen LogP contribution in [0.5, 0.6) is 0 Å². The molecular weight excluding hydrogens is 317 g/mol. The van der Waals surface area contributed by atoms with E-state index in [0.717, 1.165) is 0 Å². The first-order valence-electron chi connectivity index (χ1n) is 5.74. The van der Waals surface area contributed by atoms with Crippen molar-refractivity contribution < 1.29 is 13.7 Å². The van der Waals surface area contributed by atoms with E-state index in [4.69, 9.17) is 15.0 Å². The van der Waals surface area contributed by atoms with Crippen molar-refractivity contribution in [3.05, 3.63) is 34.3 Å². The third-order valence-corrected chi connectivity index (χ3v) is 3.09. The van der Waals surface area contributed by atoms with E-state index >= 15 is 0 Å². The molecule has 1 aromatic heterocycles. The van der Waals surface area contributed by atoms with Crippen LogP contribution in [0.2, 0.25) is 0 Å². The lowest BCUT2D eigenvalue weighted by Crippen LogP contribution is -2.18. The molecule has 19 heavy (non-hydrogen) atoms. The Hall–Kier alpha value is -1.31. The van der Waals surface area contributed by atoms with E-state index in [-0.39, 0.29) is 11.7 Å². The molecule has 1 aromatic carbocycles. The first-order valence-corrected chi connectivity index (χ1v) is 6.53. The SMILES string of the molecule is CCOCC(N)c1noc(-c2ccc(F)cc2Br)n1. The summed E-state index contributed by atoms with van der Waals surface area (Å²) in [4.78, 5) is 4.19. The Morgan fingerprint density at radius 2 is 2.32 bits per heavy atom. The Morgan fingerprint density at radius 3 is 3.00 bits per heavy atom. The maximum absolute atomic E-state index is 13.0. The second kappa shape index (κ2) is 6.23. The zero-order valence-electron chi connectivity index (χ0n) is 10.3. The third-order valence-electron chi connectivity index (χ3n) is 2.44. The van der Waals surface area contributed by atoms with Crippen LogP contribution in [0.15, 0.2) is 27.2 Å². The molecule has 0 bridgehead atoms. The fraction of sp³-hybridized carbons (Fsp3) is 0.333. The van der Waals surface area contributed by atoms with Crippen molar-refractivity contribution >= 4 is 15.9 Å². The summed E-state index contributed by atoms with van der Waals surface area (Å²) in [6.07, 6.45) is 0. The topological polar surface area (TPSA) is 74.2 Å². The number of hydrogen-bond donors (Lipinski definition) is 1. The van der Waals surface area contributed by atoms with Crippen LogP contribution in [0.1, 0.15) is 18.8 Å². The van der Waals surface area contributed by atoms with Gasteiger partial charge in [-0.15, -0.1) is 0 Å². The van der Waals surface area contributed by atoms with Crippen molar-refractivity contribution in [2.75, 3.05) is 13.2 Å². The summed E-state index contributed by atoms with van der Waals surface area (Å²) in [5.41, 5.74) is 6.47. The maximum Gasteiger partial charge on any atom is 0.259 e. The van der Waals surface area contributed by atoms with E-state index in [0.29, 0.717) is 29.1 Å². The molecule has 0 amide bonds. The molecule has 102 valence electrons. The van der Waals surface area contributed by atoms with Gasteiger partial charge >= 0.3 is 0 Å². The third kappa shape index (κ3) is 3.37. The van der Waals surface area contributed by atoms with Gasteiger partial charge in [0.15, 0.2) is 5.82 Å². The van der Waals surface area contributed by atoms with Crippen molar-refractivity contribution in [1.82, 2.24) is 10.1 Å². The molecule has 2 N–H and O–H groups in total. The van der Waals surface area contributed by atoms with Crippen LogP contribution in [0.4, 0.5) is 4.39 Å². The minimum Gasteiger partial charge on any atom is -0.380 e. The summed E-state index contributed by atoms with van der Waals surface area (Å²) >= 11 is 3.25. The first kappa shape index (κ1) is 14.1. The summed E-state index contributed by atoms with van der Waals surface area (Å²) in [6.45, 7) is 2.77. The van der Waals surface area contributed by atoms with Crippen LogP contribution >= 0.6 is 15.9 Å². The van der Waals surface area contributed by atoms with E-state index in [1.807, 2.05) is 6.92 Å². The van der Waals surface area contributed by atoms with Crippen molar-refractivity contribution in [2.45, 2.75) is 13.0 Å². The molecule has 0 spiro atoms. The summed E-state index contributed by atoms with van der Waals surface area (Å²) in [5, 5.41) is 3.80. The van der Waals surface area contributed by atoms with Gasteiger partial charge in [-0.2, -0.15) is 4.98 Å². The van der Waals surface area contributed by atoms with Crippen LogP contribution < -0.4 is 5.73 Å². The average molecular weight is 330 g/mol. The Balaban J connectivity index is 2.20. The van der Waals surface area contributed by atoms with E-state index in [2.05, 4.69) is 26.1 Å². The van der Waals surface area contributed by atoms with Gasteiger partial charge < -0.3 is 15.0 Å². The number of hydrogen-bond acceptors (Lipinski definition) is 5. The highest BCUT2D eigenvalue weighted by molar-refractivity contribution is 9.10. The van der Waals surface area contributed by atoms with Gasteiger partial charge in [-0.25, -0.2) is 4.39 Å². The van der Waals surface area contributed by atoms with Gasteiger partial charge in [0.1, 0.15) is 5.82 Å². The number of aromatic nitrogens is 2. The normalized spacial score (nSPS) is 12.6. The summed E-state index contributed by atoms with van der Waals surface area (Å²) in [7, 11) is 0. The standard InChI is InChI=1S/C12H13BrFN3O2/c1-2-18-6-10(15)11-16-12(19-17-11)8-4-3-7(14)5-9(8)13/h3-5,10H,2,6,15H2,1H3. The lowest BCUT2D eigenvalue weighted by Gasteiger charge is -2.05. The van der Waals surface area contributed by atoms with Gasteiger partial charge in [-0.3, -0.25) is 0 Å². The molecule has 5 nitrogen and oxygen atoms in total. The highest BCUT2D eigenvalue weighted by Gasteiger charge is 2.17. The molecule has 1 heterocycles. The second-order valence-electron chi connectivity index (χ2n) is 3.85.